The first-order chi connectivity index (χ1) is 14.7. The number of fused-ring (bicyclic) bond motifs is 3. The zero-order chi connectivity index (χ0) is 20.5. The Morgan fingerprint density at radius 1 is 0.867 bits per heavy atom. The topological polar surface area (TPSA) is 46.6 Å². The van der Waals surface area contributed by atoms with Crippen LogP contribution >= 0.6 is 0 Å². The van der Waals surface area contributed by atoms with Gasteiger partial charge in [0.1, 0.15) is 6.61 Å². The van der Waals surface area contributed by atoms with Gasteiger partial charge in [0, 0.05) is 24.1 Å². The first kappa shape index (κ1) is 18.6. The predicted molar refractivity (Wildman–Crippen MR) is 116 cm³/mol. The zero-order valence-corrected chi connectivity index (χ0v) is 16.7. The molecule has 0 aromatic heterocycles. The molecule has 3 aromatic carbocycles. The quantitative estimate of drug-likeness (QED) is 0.574. The number of esters is 1. The highest BCUT2D eigenvalue weighted by Gasteiger charge is 2.34. The number of hydrogen-bond acceptors (Lipinski definition) is 3. The third kappa shape index (κ3) is 3.28. The highest BCUT2D eigenvalue weighted by Crippen LogP contribution is 2.44. The minimum atomic E-state index is -0.252. The maximum absolute atomic E-state index is 12.7. The van der Waals surface area contributed by atoms with Crippen LogP contribution < -0.4 is 4.90 Å². The fourth-order valence-corrected chi connectivity index (χ4v) is 4.75. The number of nitrogens with zero attached hydrogens (tertiary/aromatic N) is 1. The summed E-state index contributed by atoms with van der Waals surface area (Å²) in [6, 6.07) is 26.0. The molecule has 1 aliphatic carbocycles. The lowest BCUT2D eigenvalue weighted by Gasteiger charge is -2.24. The van der Waals surface area contributed by atoms with Crippen LogP contribution in [0, 0.1) is 0 Å². The standard InChI is InChI=1S/C26H23NO3/c28-25-15-14-19(27(25)18-8-2-1-3-9-18)16-26(29)30-17-24-22-12-6-4-10-20(22)21-11-5-7-13-23(21)24/h1-13,19,24H,14-17H2/t19-/m0/s1. The number of benzene rings is 3. The Bertz CT molecular complexity index is 1050. The van der Waals surface area contributed by atoms with E-state index in [1.165, 1.54) is 22.3 Å². The van der Waals surface area contributed by atoms with Gasteiger partial charge in [-0.25, -0.2) is 0 Å². The van der Waals surface area contributed by atoms with E-state index in [1.54, 1.807) is 4.90 Å². The predicted octanol–water partition coefficient (Wildman–Crippen LogP) is 4.93. The molecule has 1 atom stereocenters. The molecule has 150 valence electrons. The molecule has 1 aliphatic heterocycles. The van der Waals surface area contributed by atoms with Gasteiger partial charge in [-0.3, -0.25) is 9.59 Å². The molecular formula is C26H23NO3. The number of anilines is 1. The summed E-state index contributed by atoms with van der Waals surface area (Å²) in [6.45, 7) is 0.318. The average Bonchev–Trinajstić information content (AvgIpc) is 3.30. The maximum Gasteiger partial charge on any atom is 0.307 e. The highest BCUT2D eigenvalue weighted by atomic mass is 16.5. The van der Waals surface area contributed by atoms with Gasteiger partial charge >= 0.3 is 5.97 Å². The van der Waals surface area contributed by atoms with E-state index >= 15 is 0 Å². The van der Waals surface area contributed by atoms with Gasteiger partial charge < -0.3 is 9.64 Å². The molecular weight excluding hydrogens is 374 g/mol. The van der Waals surface area contributed by atoms with E-state index in [1.807, 2.05) is 54.6 Å². The van der Waals surface area contributed by atoms with Gasteiger partial charge in [-0.15, -0.1) is 0 Å². The molecule has 1 saturated heterocycles. The van der Waals surface area contributed by atoms with Crippen LogP contribution in [0.2, 0.25) is 0 Å². The molecule has 0 radical (unpaired) electrons. The Kier molecular flexibility index (Phi) is 4.83. The molecule has 4 heteroatoms. The van der Waals surface area contributed by atoms with Crippen LogP contribution in [0.3, 0.4) is 0 Å². The molecule has 0 bridgehead atoms. The molecule has 0 unspecified atom stereocenters. The molecule has 4 nitrogen and oxygen atoms in total. The molecule has 1 amide bonds. The molecule has 0 spiro atoms. The number of carbonyl (C=O) groups is 2. The SMILES string of the molecule is O=C(C[C@@H]1CCC(=O)N1c1ccccc1)OCC1c2ccccc2-c2ccccc21. The number of para-hydroxylation sites is 1. The Morgan fingerprint density at radius 2 is 1.47 bits per heavy atom. The van der Waals surface area contributed by atoms with Crippen molar-refractivity contribution in [2.24, 2.45) is 0 Å². The fourth-order valence-electron chi connectivity index (χ4n) is 4.75. The van der Waals surface area contributed by atoms with E-state index in [4.69, 9.17) is 4.74 Å². The van der Waals surface area contributed by atoms with E-state index in [0.717, 1.165) is 5.69 Å². The van der Waals surface area contributed by atoms with Crippen molar-refractivity contribution in [2.75, 3.05) is 11.5 Å². The van der Waals surface area contributed by atoms with Crippen molar-refractivity contribution in [3.8, 4) is 11.1 Å². The highest BCUT2D eigenvalue weighted by molar-refractivity contribution is 5.97. The zero-order valence-electron chi connectivity index (χ0n) is 16.7. The minimum Gasteiger partial charge on any atom is -0.465 e. The van der Waals surface area contributed by atoms with E-state index in [-0.39, 0.29) is 30.3 Å². The summed E-state index contributed by atoms with van der Waals surface area (Å²) in [7, 11) is 0. The largest absolute Gasteiger partial charge is 0.465 e. The van der Waals surface area contributed by atoms with Crippen LogP contribution in [0.5, 0.6) is 0 Å². The summed E-state index contributed by atoms with van der Waals surface area (Å²) < 4.78 is 5.74. The molecule has 1 fully saturated rings. The molecule has 1 heterocycles. The van der Waals surface area contributed by atoms with E-state index in [2.05, 4.69) is 24.3 Å². The lowest BCUT2D eigenvalue weighted by molar-refractivity contribution is -0.144. The van der Waals surface area contributed by atoms with Gasteiger partial charge in [0.15, 0.2) is 0 Å². The summed E-state index contributed by atoms with van der Waals surface area (Å²) in [5.41, 5.74) is 5.68. The molecule has 5 rings (SSSR count). The third-order valence-corrected chi connectivity index (χ3v) is 6.14. The van der Waals surface area contributed by atoms with Crippen molar-refractivity contribution in [2.45, 2.75) is 31.2 Å². The molecule has 3 aromatic rings. The van der Waals surface area contributed by atoms with Crippen LogP contribution in [0.15, 0.2) is 78.9 Å². The molecule has 0 saturated carbocycles. The molecule has 0 N–H and O–H groups in total. The molecule has 2 aliphatic rings. The number of amides is 1. The normalized spacial score (nSPS) is 17.7. The first-order valence-corrected chi connectivity index (χ1v) is 10.4. The number of carbonyl (C=O) groups excluding carboxylic acids is 2. The van der Waals surface area contributed by atoms with Crippen molar-refractivity contribution < 1.29 is 14.3 Å². The first-order valence-electron chi connectivity index (χ1n) is 10.4. The summed E-state index contributed by atoms with van der Waals surface area (Å²) in [5.74, 6) is -0.132. The van der Waals surface area contributed by atoms with Gasteiger partial charge in [-0.2, -0.15) is 0 Å². The summed E-state index contributed by atoms with van der Waals surface area (Å²) in [4.78, 5) is 26.8. The van der Waals surface area contributed by atoms with Crippen molar-refractivity contribution in [1.29, 1.82) is 0 Å². The summed E-state index contributed by atoms with van der Waals surface area (Å²) in [6.07, 6.45) is 1.37. The second-order valence-electron chi connectivity index (χ2n) is 7.91. The third-order valence-electron chi connectivity index (χ3n) is 6.14. The summed E-state index contributed by atoms with van der Waals surface area (Å²) in [5, 5.41) is 0. The number of ether oxygens (including phenoxy) is 1. The van der Waals surface area contributed by atoms with Crippen LogP contribution in [-0.2, 0) is 14.3 Å². The Morgan fingerprint density at radius 3 is 2.13 bits per heavy atom. The lowest BCUT2D eigenvalue weighted by atomic mass is 9.98. The van der Waals surface area contributed by atoms with Gasteiger partial charge in [0.05, 0.1) is 6.42 Å². The van der Waals surface area contributed by atoms with Gasteiger partial charge in [0.2, 0.25) is 5.91 Å². The van der Waals surface area contributed by atoms with E-state index in [9.17, 15) is 9.59 Å². The van der Waals surface area contributed by atoms with E-state index < -0.39 is 0 Å². The average molecular weight is 397 g/mol. The van der Waals surface area contributed by atoms with Gasteiger partial charge in [-0.1, -0.05) is 66.7 Å². The van der Waals surface area contributed by atoms with Gasteiger partial charge in [0.25, 0.3) is 0 Å². The fraction of sp³-hybridized carbons (Fsp3) is 0.231. The Balaban J connectivity index is 1.29. The van der Waals surface area contributed by atoms with Crippen molar-refractivity contribution in [3.05, 3.63) is 90.0 Å². The van der Waals surface area contributed by atoms with Crippen LogP contribution in [-0.4, -0.2) is 24.5 Å². The van der Waals surface area contributed by atoms with E-state index in [0.29, 0.717) is 19.4 Å². The van der Waals surface area contributed by atoms with Gasteiger partial charge in [-0.05, 0) is 40.8 Å². The van der Waals surface area contributed by atoms with Crippen molar-refractivity contribution >= 4 is 17.6 Å². The molecule has 30 heavy (non-hydrogen) atoms. The number of rotatable bonds is 5. The Hall–Kier alpha value is -3.40. The Labute approximate surface area is 176 Å². The van der Waals surface area contributed by atoms with Crippen molar-refractivity contribution in [1.82, 2.24) is 0 Å². The summed E-state index contributed by atoms with van der Waals surface area (Å²) >= 11 is 0. The van der Waals surface area contributed by atoms with Crippen LogP contribution in [0.4, 0.5) is 5.69 Å². The monoisotopic (exact) mass is 397 g/mol. The second kappa shape index (κ2) is 7.79. The maximum atomic E-state index is 12.7. The van der Waals surface area contributed by atoms with Crippen LogP contribution in [0.25, 0.3) is 11.1 Å². The minimum absolute atomic E-state index is 0.0526. The number of hydrogen-bond donors (Lipinski definition) is 0. The smallest absolute Gasteiger partial charge is 0.307 e. The van der Waals surface area contributed by atoms with Crippen LogP contribution in [0.1, 0.15) is 36.3 Å². The van der Waals surface area contributed by atoms with Crippen molar-refractivity contribution in [3.63, 3.8) is 0 Å². The second-order valence-corrected chi connectivity index (χ2v) is 7.91. The lowest BCUT2D eigenvalue weighted by Crippen LogP contribution is -2.35.